The van der Waals surface area contributed by atoms with E-state index in [1.165, 1.54) is 81.9 Å². The second-order valence-electron chi connectivity index (χ2n) is 12.3. The number of aliphatic hydroxyl groups is 1. The van der Waals surface area contributed by atoms with Gasteiger partial charge in [0.05, 0.1) is 6.61 Å². The number of ether oxygens (including phenoxy) is 1. The van der Waals surface area contributed by atoms with Gasteiger partial charge in [-0.2, -0.15) is 0 Å². The van der Waals surface area contributed by atoms with Gasteiger partial charge in [-0.25, -0.2) is 4.58 Å². The van der Waals surface area contributed by atoms with Crippen LogP contribution in [0.25, 0.3) is 5.57 Å². The maximum Gasteiger partial charge on any atom is 0.206 e. The van der Waals surface area contributed by atoms with Gasteiger partial charge in [0.1, 0.15) is 25.1 Å². The van der Waals surface area contributed by atoms with Crippen LogP contribution in [0.5, 0.6) is 0 Å². The van der Waals surface area contributed by atoms with Crippen LogP contribution in [0.3, 0.4) is 0 Å². The summed E-state index contributed by atoms with van der Waals surface area (Å²) in [6, 6.07) is 11.0. The quantitative estimate of drug-likeness (QED) is 0.378. The van der Waals surface area contributed by atoms with Crippen molar-refractivity contribution >= 4 is 5.57 Å². The third kappa shape index (κ3) is 4.63. The minimum atomic E-state index is -0.729. The molecule has 1 atom stereocenters. The molecule has 2 aromatic carbocycles. The molecular formula is C36H44N3O2+. The van der Waals surface area contributed by atoms with Crippen LogP contribution in [0.4, 0.5) is 0 Å². The van der Waals surface area contributed by atoms with Gasteiger partial charge < -0.3 is 15.6 Å². The molecule has 0 spiro atoms. The lowest BCUT2D eigenvalue weighted by molar-refractivity contribution is 0.149. The molecule has 0 bridgehead atoms. The SMILES string of the molecule is CNC(O)c1ccccc1C1=c2cc3c4c(c2CC2=C1CC=C1CCCOC1=C2CCCN)CCC[N+]=4CCCC3. The van der Waals surface area contributed by atoms with Crippen molar-refractivity contribution in [2.24, 2.45) is 5.73 Å². The normalized spacial score (nSPS) is 20.7. The number of benzene rings is 2. The Bertz CT molecular complexity index is 1610. The summed E-state index contributed by atoms with van der Waals surface area (Å²) in [5, 5.41) is 17.2. The second-order valence-corrected chi connectivity index (χ2v) is 12.3. The van der Waals surface area contributed by atoms with Crippen molar-refractivity contribution in [1.29, 1.82) is 0 Å². The predicted octanol–water partition coefficient (Wildman–Crippen LogP) is 3.86. The Balaban J connectivity index is 1.59. The largest absolute Gasteiger partial charge is 0.493 e. The van der Waals surface area contributed by atoms with E-state index < -0.39 is 6.23 Å². The third-order valence-electron chi connectivity index (χ3n) is 9.93. The summed E-state index contributed by atoms with van der Waals surface area (Å²) < 4.78 is 9.18. The second kappa shape index (κ2) is 11.4. The summed E-state index contributed by atoms with van der Waals surface area (Å²) in [5.41, 5.74) is 19.7. The van der Waals surface area contributed by atoms with Crippen molar-refractivity contribution in [1.82, 2.24) is 9.89 Å². The molecule has 214 valence electrons. The Morgan fingerprint density at radius 1 is 1.02 bits per heavy atom. The molecule has 5 heteroatoms. The molecule has 0 saturated carbocycles. The zero-order valence-corrected chi connectivity index (χ0v) is 24.5. The molecule has 1 fully saturated rings. The average molecular weight is 551 g/mol. The molecule has 1 saturated heterocycles. The average Bonchev–Trinajstić information content (AvgIpc) is 3.32. The molecule has 4 N–H and O–H groups in total. The van der Waals surface area contributed by atoms with Crippen molar-refractivity contribution in [2.45, 2.75) is 76.9 Å². The summed E-state index contributed by atoms with van der Waals surface area (Å²) in [6.45, 7) is 3.82. The first kappa shape index (κ1) is 26.9. The van der Waals surface area contributed by atoms with Gasteiger partial charge in [0, 0.05) is 29.5 Å². The zero-order chi connectivity index (χ0) is 27.9. The highest BCUT2D eigenvalue weighted by Crippen LogP contribution is 2.44. The van der Waals surface area contributed by atoms with Crippen molar-refractivity contribution in [3.63, 3.8) is 0 Å². The number of hydrogen-bond acceptors (Lipinski definition) is 4. The van der Waals surface area contributed by atoms with Crippen LogP contribution >= 0.6 is 0 Å². The van der Waals surface area contributed by atoms with Crippen LogP contribution in [0.15, 0.2) is 64.5 Å². The van der Waals surface area contributed by atoms with Crippen LogP contribution in [0, 0.1) is 0 Å². The van der Waals surface area contributed by atoms with Crippen LogP contribution in [0.1, 0.15) is 85.4 Å². The van der Waals surface area contributed by atoms with Crippen molar-refractivity contribution in [3.05, 3.63) is 103 Å². The van der Waals surface area contributed by atoms with E-state index >= 15 is 0 Å². The number of hydrogen-bond donors (Lipinski definition) is 3. The maximum absolute atomic E-state index is 11.1. The van der Waals surface area contributed by atoms with Crippen LogP contribution < -0.4 is 26.2 Å². The molecule has 5 aliphatic rings. The molecule has 2 aliphatic carbocycles. The van der Waals surface area contributed by atoms with Gasteiger partial charge in [0.25, 0.3) is 0 Å². The number of fused-ring (bicyclic) bond motifs is 3. The zero-order valence-electron chi connectivity index (χ0n) is 24.5. The summed E-state index contributed by atoms with van der Waals surface area (Å²) in [7, 11) is 1.83. The molecule has 3 heterocycles. The Hall–Kier alpha value is -2.99. The Morgan fingerprint density at radius 2 is 1.90 bits per heavy atom. The van der Waals surface area contributed by atoms with Crippen molar-refractivity contribution in [3.8, 4) is 0 Å². The number of aryl methyl sites for hydroxylation is 1. The smallest absolute Gasteiger partial charge is 0.206 e. The first-order valence-electron chi connectivity index (χ1n) is 15.9. The lowest BCUT2D eigenvalue weighted by Crippen LogP contribution is -2.43. The number of nitrogens with two attached hydrogens (primary N) is 1. The highest BCUT2D eigenvalue weighted by Gasteiger charge is 2.34. The molecule has 3 aliphatic heterocycles. The maximum atomic E-state index is 11.1. The third-order valence-corrected chi connectivity index (χ3v) is 9.93. The van der Waals surface area contributed by atoms with Gasteiger partial charge in [-0.15, -0.1) is 0 Å². The molecule has 0 aromatic heterocycles. The lowest BCUT2D eigenvalue weighted by Gasteiger charge is -2.30. The molecular weight excluding hydrogens is 506 g/mol. The first-order valence-corrected chi connectivity index (χ1v) is 15.9. The molecule has 2 aromatic rings. The number of aliphatic hydroxyl groups excluding tert-OH is 1. The van der Waals surface area contributed by atoms with Gasteiger partial charge in [-0.3, -0.25) is 5.32 Å². The van der Waals surface area contributed by atoms with Gasteiger partial charge in [0.15, 0.2) is 0 Å². The Labute approximate surface area is 243 Å². The van der Waals surface area contributed by atoms with E-state index in [1.807, 2.05) is 13.1 Å². The molecule has 0 radical (unpaired) electrons. The number of nitrogens with zero attached hydrogens (tertiary/aromatic N) is 1. The highest BCUT2D eigenvalue weighted by molar-refractivity contribution is 5.86. The lowest BCUT2D eigenvalue weighted by atomic mass is 9.75. The van der Waals surface area contributed by atoms with Crippen LogP contribution in [-0.4, -0.2) is 38.4 Å². The predicted molar refractivity (Wildman–Crippen MR) is 165 cm³/mol. The fourth-order valence-corrected chi connectivity index (χ4v) is 8.07. The summed E-state index contributed by atoms with van der Waals surface area (Å²) in [5.74, 6) is 1.13. The van der Waals surface area contributed by atoms with E-state index in [1.54, 1.807) is 5.56 Å². The van der Waals surface area contributed by atoms with E-state index in [9.17, 15) is 5.11 Å². The van der Waals surface area contributed by atoms with Gasteiger partial charge in [-0.05, 0) is 122 Å². The topological polar surface area (TPSA) is 70.5 Å². The minimum Gasteiger partial charge on any atom is -0.493 e. The minimum absolute atomic E-state index is 0.677. The molecule has 0 amide bonds. The fraction of sp³-hybridized carbons (Fsp3) is 0.472. The Morgan fingerprint density at radius 3 is 2.78 bits per heavy atom. The molecule has 1 unspecified atom stereocenters. The summed E-state index contributed by atoms with van der Waals surface area (Å²) in [4.78, 5) is 0. The number of rotatable bonds is 6. The van der Waals surface area contributed by atoms with Gasteiger partial charge in [0.2, 0.25) is 5.36 Å². The van der Waals surface area contributed by atoms with E-state index in [-0.39, 0.29) is 0 Å². The molecule has 7 rings (SSSR count). The first-order chi connectivity index (χ1) is 20.2. The van der Waals surface area contributed by atoms with E-state index in [2.05, 4.69) is 40.2 Å². The van der Waals surface area contributed by atoms with E-state index in [0.29, 0.717) is 6.54 Å². The van der Waals surface area contributed by atoms with Crippen molar-refractivity contribution < 1.29 is 9.84 Å². The fourth-order valence-electron chi connectivity index (χ4n) is 8.07. The van der Waals surface area contributed by atoms with Crippen LogP contribution in [0.2, 0.25) is 0 Å². The number of nitrogens with one attached hydrogen (secondary N) is 1. The van der Waals surface area contributed by atoms with Gasteiger partial charge >= 0.3 is 0 Å². The summed E-state index contributed by atoms with van der Waals surface area (Å²) >= 11 is 0. The summed E-state index contributed by atoms with van der Waals surface area (Å²) in [6.07, 6.45) is 13.6. The Kier molecular flexibility index (Phi) is 7.44. The standard InChI is InChI=1S/C36H44N3O2/c1-38-36(40)29-12-3-2-11-25(29)33-26-16-15-23-10-8-20-41-35(23)28(13-6-17-37)30(26)22-31-27-14-7-19-39-18-5-4-9-24(34(27)39)21-32(31)33/h2-3,11-12,15,21,36,38,40H,4-10,13-14,16-20,22,37H2,1H3/q+1. The van der Waals surface area contributed by atoms with Crippen LogP contribution in [-0.2, 0) is 24.0 Å². The van der Waals surface area contributed by atoms with E-state index in [4.69, 9.17) is 10.5 Å². The monoisotopic (exact) mass is 550 g/mol. The molecule has 5 nitrogen and oxygen atoms in total. The molecule has 41 heavy (non-hydrogen) atoms. The van der Waals surface area contributed by atoms with Gasteiger partial charge in [-0.1, -0.05) is 30.3 Å². The highest BCUT2D eigenvalue weighted by atomic mass is 16.5. The van der Waals surface area contributed by atoms with E-state index in [0.717, 1.165) is 74.9 Å². The number of allylic oxidation sites excluding steroid dienone is 5. The van der Waals surface area contributed by atoms with Crippen molar-refractivity contribution in [2.75, 3.05) is 33.3 Å².